The third kappa shape index (κ3) is 2.41. The number of hydrogen-bond acceptors (Lipinski definition) is 5. The van der Waals surface area contributed by atoms with Crippen LogP contribution in [0.1, 0.15) is 5.56 Å². The van der Waals surface area contributed by atoms with E-state index < -0.39 is 18.1 Å². The molecule has 1 aromatic carbocycles. The van der Waals surface area contributed by atoms with E-state index in [4.69, 9.17) is 21.1 Å². The third-order valence-electron chi connectivity index (χ3n) is 2.27. The molecular weight excluding hydrogens is 214 g/mol. The Hall–Kier alpha value is -1.79. The van der Waals surface area contributed by atoms with Gasteiger partial charge in [0.1, 0.15) is 5.54 Å². The molecule has 16 heavy (non-hydrogen) atoms. The van der Waals surface area contributed by atoms with Gasteiger partial charge in [-0.25, -0.2) is 0 Å². The molecule has 0 radical (unpaired) electrons. The summed E-state index contributed by atoms with van der Waals surface area (Å²) in [6.07, 6.45) is -0.146. The Labute approximate surface area is 91.6 Å². The lowest BCUT2D eigenvalue weighted by molar-refractivity contribution is -0.144. The first-order chi connectivity index (χ1) is 7.39. The summed E-state index contributed by atoms with van der Waals surface area (Å²) in [5, 5.41) is 36.0. The molecule has 0 amide bonds. The van der Waals surface area contributed by atoms with Crippen LogP contribution in [-0.4, -0.2) is 38.5 Å². The lowest BCUT2D eigenvalue weighted by Gasteiger charge is -2.21. The van der Waals surface area contributed by atoms with Gasteiger partial charge < -0.3 is 26.2 Å². The highest BCUT2D eigenvalue weighted by Crippen LogP contribution is 2.26. The highest BCUT2D eigenvalue weighted by molar-refractivity contribution is 5.79. The Balaban J connectivity index is 2.95. The molecule has 1 atom stereocenters. The number of carboxylic acid groups (broad SMARTS) is 1. The molecule has 6 nitrogen and oxygen atoms in total. The first-order valence-electron chi connectivity index (χ1n) is 4.53. The van der Waals surface area contributed by atoms with Crippen molar-refractivity contribution in [2.24, 2.45) is 5.73 Å². The van der Waals surface area contributed by atoms with E-state index in [1.165, 1.54) is 18.2 Å². The number of phenolic OH excluding ortho intramolecular Hbond substituents is 2. The molecule has 0 aliphatic heterocycles. The summed E-state index contributed by atoms with van der Waals surface area (Å²) in [5.74, 6) is -1.99. The molecule has 0 aromatic heterocycles. The lowest BCUT2D eigenvalue weighted by atomic mass is 9.92. The van der Waals surface area contributed by atoms with Gasteiger partial charge in [0.15, 0.2) is 11.5 Å². The third-order valence-corrected chi connectivity index (χ3v) is 2.27. The zero-order chi connectivity index (χ0) is 12.3. The molecule has 0 heterocycles. The molecule has 1 rings (SSSR count). The van der Waals surface area contributed by atoms with Crippen LogP contribution >= 0.6 is 0 Å². The molecule has 0 saturated heterocycles. The van der Waals surface area contributed by atoms with Gasteiger partial charge in [0.25, 0.3) is 0 Å². The first kappa shape index (κ1) is 12.3. The molecule has 0 aliphatic rings. The molecular formula is C10H13NO5. The second-order valence-corrected chi connectivity index (χ2v) is 3.62. The van der Waals surface area contributed by atoms with Gasteiger partial charge >= 0.3 is 5.97 Å². The largest absolute Gasteiger partial charge is 0.504 e. The molecule has 0 unspecified atom stereocenters. The predicted octanol–water partition coefficient (Wildman–Crippen LogP) is -0.585. The maximum atomic E-state index is 10.8. The smallest absolute Gasteiger partial charge is 0.326 e. The standard InChI is InChI=1S/C10H13NO5/c11-10(5-12,9(15)16)4-6-1-2-7(13)8(14)3-6/h1-3,12-14H,4-5,11H2,(H,15,16)/t10-/m0/s1. The Morgan fingerprint density at radius 3 is 2.38 bits per heavy atom. The number of benzene rings is 1. The molecule has 0 bridgehead atoms. The van der Waals surface area contributed by atoms with Crippen molar-refractivity contribution in [3.8, 4) is 11.5 Å². The average Bonchev–Trinajstić information content (AvgIpc) is 2.23. The second-order valence-electron chi connectivity index (χ2n) is 3.62. The number of aromatic hydroxyl groups is 2. The maximum Gasteiger partial charge on any atom is 0.326 e. The zero-order valence-corrected chi connectivity index (χ0v) is 8.42. The fourth-order valence-corrected chi connectivity index (χ4v) is 1.24. The number of aliphatic hydroxyl groups excluding tert-OH is 1. The van der Waals surface area contributed by atoms with E-state index in [-0.39, 0.29) is 17.9 Å². The summed E-state index contributed by atoms with van der Waals surface area (Å²) < 4.78 is 0. The second kappa shape index (κ2) is 4.38. The molecule has 1 aromatic rings. The van der Waals surface area contributed by atoms with E-state index in [0.717, 1.165) is 0 Å². The van der Waals surface area contributed by atoms with Crippen molar-refractivity contribution in [3.05, 3.63) is 23.8 Å². The van der Waals surface area contributed by atoms with Crippen molar-refractivity contribution >= 4 is 5.97 Å². The van der Waals surface area contributed by atoms with E-state index in [1.54, 1.807) is 0 Å². The van der Waals surface area contributed by atoms with E-state index >= 15 is 0 Å². The fourth-order valence-electron chi connectivity index (χ4n) is 1.24. The number of carboxylic acids is 1. The van der Waals surface area contributed by atoms with Crippen LogP contribution in [0, 0.1) is 0 Å². The quantitative estimate of drug-likeness (QED) is 0.438. The van der Waals surface area contributed by atoms with Crippen molar-refractivity contribution in [1.29, 1.82) is 0 Å². The van der Waals surface area contributed by atoms with Gasteiger partial charge in [-0.05, 0) is 17.7 Å². The van der Waals surface area contributed by atoms with Crippen LogP contribution in [0.3, 0.4) is 0 Å². The van der Waals surface area contributed by atoms with Crippen molar-refractivity contribution in [3.63, 3.8) is 0 Å². The summed E-state index contributed by atoms with van der Waals surface area (Å²) in [6, 6.07) is 3.86. The number of carbonyl (C=O) groups is 1. The van der Waals surface area contributed by atoms with E-state index in [0.29, 0.717) is 5.56 Å². The lowest BCUT2D eigenvalue weighted by Crippen LogP contribution is -2.53. The molecule has 6 N–H and O–H groups in total. The first-order valence-corrected chi connectivity index (χ1v) is 4.53. The minimum absolute atomic E-state index is 0.146. The van der Waals surface area contributed by atoms with Gasteiger partial charge in [0, 0.05) is 6.42 Å². The van der Waals surface area contributed by atoms with Crippen molar-refractivity contribution in [2.45, 2.75) is 12.0 Å². The number of aliphatic hydroxyl groups is 1. The Morgan fingerprint density at radius 1 is 1.31 bits per heavy atom. The van der Waals surface area contributed by atoms with E-state index in [9.17, 15) is 9.90 Å². The van der Waals surface area contributed by atoms with Crippen LogP contribution in [0.25, 0.3) is 0 Å². The monoisotopic (exact) mass is 227 g/mol. The zero-order valence-electron chi connectivity index (χ0n) is 8.42. The average molecular weight is 227 g/mol. The van der Waals surface area contributed by atoms with Crippen LogP contribution in [0.15, 0.2) is 18.2 Å². The molecule has 0 saturated carbocycles. The molecule has 0 aliphatic carbocycles. The van der Waals surface area contributed by atoms with Crippen LogP contribution in [0.4, 0.5) is 0 Å². The number of nitrogens with two attached hydrogens (primary N) is 1. The minimum Gasteiger partial charge on any atom is -0.504 e. The van der Waals surface area contributed by atoms with Crippen LogP contribution in [0.5, 0.6) is 11.5 Å². The number of rotatable bonds is 4. The highest BCUT2D eigenvalue weighted by atomic mass is 16.4. The Bertz CT molecular complexity index is 406. The topological polar surface area (TPSA) is 124 Å². The van der Waals surface area contributed by atoms with Crippen molar-refractivity contribution < 1.29 is 25.2 Å². The summed E-state index contributed by atoms with van der Waals surface area (Å²) in [5.41, 5.74) is 4.09. The predicted molar refractivity (Wildman–Crippen MR) is 55.1 cm³/mol. The summed E-state index contributed by atoms with van der Waals surface area (Å²) in [7, 11) is 0. The Morgan fingerprint density at radius 2 is 1.94 bits per heavy atom. The molecule has 0 fully saturated rings. The van der Waals surface area contributed by atoms with Gasteiger partial charge in [-0.3, -0.25) is 4.79 Å². The summed E-state index contributed by atoms with van der Waals surface area (Å²) in [4.78, 5) is 10.8. The molecule has 0 spiro atoms. The van der Waals surface area contributed by atoms with Gasteiger partial charge in [0.2, 0.25) is 0 Å². The number of phenols is 2. The highest BCUT2D eigenvalue weighted by Gasteiger charge is 2.33. The molecule has 88 valence electrons. The number of aliphatic carboxylic acids is 1. The van der Waals surface area contributed by atoms with Crippen molar-refractivity contribution in [2.75, 3.05) is 6.61 Å². The van der Waals surface area contributed by atoms with Crippen LogP contribution < -0.4 is 5.73 Å². The van der Waals surface area contributed by atoms with E-state index in [2.05, 4.69) is 0 Å². The van der Waals surface area contributed by atoms with Gasteiger partial charge in [-0.15, -0.1) is 0 Å². The summed E-state index contributed by atoms with van der Waals surface area (Å²) >= 11 is 0. The maximum absolute atomic E-state index is 10.8. The van der Waals surface area contributed by atoms with Gasteiger partial charge in [-0.1, -0.05) is 6.07 Å². The summed E-state index contributed by atoms with van der Waals surface area (Å²) in [6.45, 7) is -0.718. The van der Waals surface area contributed by atoms with Gasteiger partial charge in [0.05, 0.1) is 6.61 Å². The van der Waals surface area contributed by atoms with Gasteiger partial charge in [-0.2, -0.15) is 0 Å². The normalized spacial score (nSPS) is 14.4. The van der Waals surface area contributed by atoms with Crippen LogP contribution in [0.2, 0.25) is 0 Å². The van der Waals surface area contributed by atoms with Crippen molar-refractivity contribution in [1.82, 2.24) is 0 Å². The Kier molecular flexibility index (Phi) is 3.36. The SMILES string of the molecule is N[C@](CO)(Cc1ccc(O)c(O)c1)C(=O)O. The number of hydrogen-bond donors (Lipinski definition) is 5. The van der Waals surface area contributed by atoms with Crippen LogP contribution in [-0.2, 0) is 11.2 Å². The fraction of sp³-hybridized carbons (Fsp3) is 0.300. The molecule has 6 heteroatoms. The van der Waals surface area contributed by atoms with E-state index in [1.807, 2.05) is 0 Å². The minimum atomic E-state index is -1.79.